The lowest BCUT2D eigenvalue weighted by molar-refractivity contribution is -0.141. The van der Waals surface area contributed by atoms with Crippen LogP contribution in [0.4, 0.5) is 0 Å². The second kappa shape index (κ2) is 8.41. The Morgan fingerprint density at radius 3 is 2.27 bits per heavy atom. The van der Waals surface area contributed by atoms with Crippen LogP contribution in [0.15, 0.2) is 29.2 Å². The minimum Gasteiger partial charge on any atom is -0.381 e. The Labute approximate surface area is 164 Å². The average molecular weight is 424 g/mol. The third-order valence-corrected chi connectivity index (χ3v) is 7.19. The molecule has 3 rings (SSSR count). The van der Waals surface area contributed by atoms with E-state index >= 15 is 0 Å². The summed E-state index contributed by atoms with van der Waals surface area (Å²) in [5.41, 5.74) is 5.34. The third kappa shape index (κ3) is 4.16. The van der Waals surface area contributed by atoms with Gasteiger partial charge in [0.25, 0.3) is 0 Å². The van der Waals surface area contributed by atoms with Crippen molar-refractivity contribution >= 4 is 39.9 Å². The summed E-state index contributed by atoms with van der Waals surface area (Å²) < 4.78 is 32.1. The van der Waals surface area contributed by atoms with Crippen LogP contribution in [-0.2, 0) is 19.6 Å². The monoisotopic (exact) mass is 423 g/mol. The van der Waals surface area contributed by atoms with E-state index in [2.05, 4.69) is 0 Å². The predicted octanol–water partition coefficient (Wildman–Crippen LogP) is 1.10. The molecule has 1 aromatic carbocycles. The van der Waals surface area contributed by atoms with Gasteiger partial charge in [-0.1, -0.05) is 23.7 Å². The average Bonchev–Trinajstić information content (AvgIpc) is 2.62. The Morgan fingerprint density at radius 1 is 1.12 bits per heavy atom. The number of sulfonamides is 1. The number of amides is 1. The molecule has 1 amide bonds. The maximum absolute atomic E-state index is 12.7. The number of piperazine rings is 1. The van der Waals surface area contributed by atoms with Crippen molar-refractivity contribution in [2.75, 3.05) is 39.4 Å². The van der Waals surface area contributed by atoms with Crippen LogP contribution in [0.3, 0.4) is 0 Å². The molecule has 2 N–H and O–H groups in total. The fourth-order valence-electron chi connectivity index (χ4n) is 3.19. The van der Waals surface area contributed by atoms with E-state index in [-0.39, 0.29) is 41.3 Å². The van der Waals surface area contributed by atoms with E-state index in [1.165, 1.54) is 10.4 Å². The van der Waals surface area contributed by atoms with Crippen molar-refractivity contribution in [2.24, 2.45) is 5.73 Å². The smallest absolute Gasteiger partial charge is 0.244 e. The summed E-state index contributed by atoms with van der Waals surface area (Å²) in [5.74, 6) is -0.120. The first kappa shape index (κ1) is 21.4. The van der Waals surface area contributed by atoms with Gasteiger partial charge in [-0.3, -0.25) is 4.79 Å². The first-order valence-electron chi connectivity index (χ1n) is 8.25. The number of benzene rings is 1. The van der Waals surface area contributed by atoms with E-state index in [1.807, 2.05) is 0 Å². The minimum atomic E-state index is -3.67. The van der Waals surface area contributed by atoms with Gasteiger partial charge in [-0.05, 0) is 25.0 Å². The molecule has 0 radical (unpaired) electrons. The number of hydrogen-bond acceptors (Lipinski definition) is 5. The third-order valence-electron chi connectivity index (χ3n) is 4.79. The summed E-state index contributed by atoms with van der Waals surface area (Å²) in [7, 11) is -3.67. The van der Waals surface area contributed by atoms with Crippen LogP contribution in [0.2, 0.25) is 5.02 Å². The summed E-state index contributed by atoms with van der Waals surface area (Å²) in [6.07, 6.45) is 0.980. The van der Waals surface area contributed by atoms with Gasteiger partial charge in [-0.25, -0.2) is 8.42 Å². The van der Waals surface area contributed by atoms with E-state index in [0.29, 0.717) is 39.1 Å². The second-order valence-corrected chi connectivity index (χ2v) is 8.71. The van der Waals surface area contributed by atoms with Gasteiger partial charge >= 0.3 is 0 Å². The highest BCUT2D eigenvalue weighted by atomic mass is 35.5. The summed E-state index contributed by atoms with van der Waals surface area (Å²) in [5, 5.41) is 0.198. The second-order valence-electron chi connectivity index (χ2n) is 6.40. The van der Waals surface area contributed by atoms with Crippen LogP contribution in [-0.4, -0.2) is 68.5 Å². The van der Waals surface area contributed by atoms with Crippen LogP contribution in [0.1, 0.15) is 12.8 Å². The molecule has 10 heteroatoms. The predicted molar refractivity (Wildman–Crippen MR) is 101 cm³/mol. The maximum Gasteiger partial charge on any atom is 0.244 e. The van der Waals surface area contributed by atoms with Crippen molar-refractivity contribution < 1.29 is 17.9 Å². The molecular formula is C16H23Cl2N3O4S. The van der Waals surface area contributed by atoms with Crippen molar-refractivity contribution in [3.05, 3.63) is 29.3 Å². The zero-order chi connectivity index (χ0) is 18.1. The quantitative estimate of drug-likeness (QED) is 0.785. The number of nitrogens with two attached hydrogens (primary N) is 1. The normalized spacial score (nSPS) is 21.1. The van der Waals surface area contributed by atoms with Crippen molar-refractivity contribution in [1.82, 2.24) is 9.21 Å². The molecule has 2 heterocycles. The number of hydrogen-bond donors (Lipinski definition) is 1. The molecule has 1 aromatic rings. The Kier molecular flexibility index (Phi) is 6.92. The standard InChI is InChI=1S/C16H22ClN3O4S.ClH/c17-13-3-1-2-4-14(13)25(22,23)20-9-7-19(8-10-20)15(21)16(18)5-11-24-12-6-16;/h1-4H,5-12,18H2;1H. The van der Waals surface area contributed by atoms with Gasteiger partial charge in [0.1, 0.15) is 4.90 Å². The first-order chi connectivity index (χ1) is 11.8. The Bertz CT molecular complexity index is 746. The van der Waals surface area contributed by atoms with Crippen molar-refractivity contribution in [3.63, 3.8) is 0 Å². The van der Waals surface area contributed by atoms with Crippen LogP contribution in [0.25, 0.3) is 0 Å². The molecule has 0 spiro atoms. The summed E-state index contributed by atoms with van der Waals surface area (Å²) in [6, 6.07) is 6.37. The zero-order valence-corrected chi connectivity index (χ0v) is 16.7. The van der Waals surface area contributed by atoms with E-state index in [1.54, 1.807) is 23.1 Å². The largest absolute Gasteiger partial charge is 0.381 e. The zero-order valence-electron chi connectivity index (χ0n) is 14.3. The van der Waals surface area contributed by atoms with Gasteiger partial charge in [-0.2, -0.15) is 4.31 Å². The number of carbonyl (C=O) groups excluding carboxylic acids is 1. The fraction of sp³-hybridized carbons (Fsp3) is 0.562. The van der Waals surface area contributed by atoms with Crippen LogP contribution in [0, 0.1) is 0 Å². The molecule has 0 atom stereocenters. The number of nitrogens with zero attached hydrogens (tertiary/aromatic N) is 2. The number of ether oxygens (including phenoxy) is 1. The van der Waals surface area contributed by atoms with Gasteiger partial charge in [0.15, 0.2) is 0 Å². The summed E-state index contributed by atoms with van der Waals surface area (Å²) in [4.78, 5) is 14.5. The van der Waals surface area contributed by atoms with Gasteiger partial charge in [0.05, 0.1) is 10.6 Å². The highest BCUT2D eigenvalue weighted by Crippen LogP contribution is 2.26. The summed E-state index contributed by atoms with van der Waals surface area (Å²) >= 11 is 6.03. The van der Waals surface area contributed by atoms with E-state index < -0.39 is 15.6 Å². The van der Waals surface area contributed by atoms with Crippen molar-refractivity contribution in [2.45, 2.75) is 23.3 Å². The molecule has 0 unspecified atom stereocenters. The maximum atomic E-state index is 12.7. The van der Waals surface area contributed by atoms with Gasteiger partial charge in [-0.15, -0.1) is 12.4 Å². The molecule has 0 saturated carbocycles. The minimum absolute atomic E-state index is 0. The van der Waals surface area contributed by atoms with Gasteiger partial charge < -0.3 is 15.4 Å². The molecule has 0 aliphatic carbocycles. The molecule has 7 nitrogen and oxygen atoms in total. The van der Waals surface area contributed by atoms with Crippen molar-refractivity contribution in [3.8, 4) is 0 Å². The topological polar surface area (TPSA) is 92.9 Å². The summed E-state index contributed by atoms with van der Waals surface area (Å²) in [6.45, 7) is 2.05. The van der Waals surface area contributed by atoms with Gasteiger partial charge in [0.2, 0.25) is 15.9 Å². The lowest BCUT2D eigenvalue weighted by Gasteiger charge is -2.40. The van der Waals surface area contributed by atoms with E-state index in [9.17, 15) is 13.2 Å². The number of halogens is 2. The Morgan fingerprint density at radius 2 is 1.69 bits per heavy atom. The van der Waals surface area contributed by atoms with Crippen molar-refractivity contribution in [1.29, 1.82) is 0 Å². The highest BCUT2D eigenvalue weighted by Gasteiger charge is 2.41. The highest BCUT2D eigenvalue weighted by molar-refractivity contribution is 7.89. The van der Waals surface area contributed by atoms with E-state index in [0.717, 1.165) is 0 Å². The molecular weight excluding hydrogens is 401 g/mol. The number of rotatable bonds is 3. The Hall–Kier alpha value is -0.900. The molecule has 2 aliphatic heterocycles. The lowest BCUT2D eigenvalue weighted by atomic mass is 9.89. The van der Waals surface area contributed by atoms with E-state index in [4.69, 9.17) is 22.1 Å². The molecule has 26 heavy (non-hydrogen) atoms. The molecule has 2 aliphatic rings. The molecule has 2 fully saturated rings. The van der Waals surface area contributed by atoms with Crippen LogP contribution < -0.4 is 5.73 Å². The Balaban J connectivity index is 0.00000243. The first-order valence-corrected chi connectivity index (χ1v) is 10.1. The molecule has 0 aromatic heterocycles. The number of carbonyl (C=O) groups is 1. The van der Waals surface area contributed by atoms with Gasteiger partial charge in [0, 0.05) is 39.4 Å². The lowest BCUT2D eigenvalue weighted by Crippen LogP contribution is -2.61. The molecule has 2 saturated heterocycles. The van der Waals surface area contributed by atoms with Crippen LogP contribution in [0.5, 0.6) is 0 Å². The molecule has 146 valence electrons. The molecule has 0 bridgehead atoms. The van der Waals surface area contributed by atoms with Crippen LogP contribution >= 0.6 is 24.0 Å². The fourth-order valence-corrected chi connectivity index (χ4v) is 5.10. The SMILES string of the molecule is Cl.NC1(C(=O)N2CCN(S(=O)(=O)c3ccccc3Cl)CC2)CCOCC1.